The minimum atomic E-state index is -0.663. The number of fused-ring (bicyclic) bond motifs is 1. The van der Waals surface area contributed by atoms with E-state index in [0.29, 0.717) is 37.2 Å². The number of amides is 2. The van der Waals surface area contributed by atoms with E-state index in [-0.39, 0.29) is 31.6 Å². The standard InChI is InChI=1S/C40H53Br2NO8S3/c1-4-7-9-11-13-15-17-21-48-39(46)50-23-19-27-25-29(52-35(27)41)33-31-32(38(45)43(6-3)37(31)44)34(54-33)30-26-28(36(42)53-30)20-24-51-40(47)49-22-18-16-14-12-10-8-5-2/h25-26H,4-24H2,1-3H3. The van der Waals surface area contributed by atoms with E-state index in [1.165, 1.54) is 90.3 Å². The molecule has 0 radical (unpaired) electrons. The van der Waals surface area contributed by atoms with E-state index in [1.807, 2.05) is 12.1 Å². The summed E-state index contributed by atoms with van der Waals surface area (Å²) in [6.07, 6.45) is 15.6. The molecule has 2 amide bonds. The molecule has 0 N–H and O–H groups in total. The molecule has 0 saturated carbocycles. The van der Waals surface area contributed by atoms with Gasteiger partial charge in [-0.3, -0.25) is 14.5 Å². The lowest BCUT2D eigenvalue weighted by molar-refractivity contribution is 0.0539. The maximum atomic E-state index is 13.6. The third-order valence-electron chi connectivity index (χ3n) is 9.22. The van der Waals surface area contributed by atoms with Gasteiger partial charge in [-0.05, 0) is 74.9 Å². The molecule has 0 aromatic carbocycles. The number of imide groups is 1. The maximum absolute atomic E-state index is 13.6. The van der Waals surface area contributed by atoms with Crippen molar-refractivity contribution in [2.45, 2.75) is 124 Å². The highest BCUT2D eigenvalue weighted by Gasteiger charge is 2.42. The van der Waals surface area contributed by atoms with Crippen molar-refractivity contribution in [3.63, 3.8) is 0 Å². The first-order chi connectivity index (χ1) is 26.2. The van der Waals surface area contributed by atoms with E-state index < -0.39 is 12.3 Å². The molecule has 3 aromatic rings. The second kappa shape index (κ2) is 23.7. The quantitative estimate of drug-likeness (QED) is 0.0469. The first kappa shape index (κ1) is 44.5. The lowest BCUT2D eigenvalue weighted by atomic mass is 10.1. The Morgan fingerprint density at radius 1 is 0.556 bits per heavy atom. The number of unbranched alkanes of at least 4 members (excludes halogenated alkanes) is 12. The van der Waals surface area contributed by atoms with Gasteiger partial charge in [-0.25, -0.2) is 9.59 Å². The smallest absolute Gasteiger partial charge is 0.434 e. The summed E-state index contributed by atoms with van der Waals surface area (Å²) in [4.78, 5) is 56.0. The third kappa shape index (κ3) is 12.9. The Hall–Kier alpha value is -2.26. The summed E-state index contributed by atoms with van der Waals surface area (Å²) in [5, 5.41) is 0. The van der Waals surface area contributed by atoms with Gasteiger partial charge in [-0.1, -0.05) is 90.9 Å². The number of hydrogen-bond acceptors (Lipinski definition) is 11. The Bertz CT molecular complexity index is 1570. The fraction of sp³-hybridized carbons (Fsp3) is 0.600. The zero-order chi connectivity index (χ0) is 38.9. The number of halogens is 2. The molecule has 14 heteroatoms. The van der Waals surface area contributed by atoms with E-state index in [0.717, 1.165) is 76.7 Å². The number of ether oxygens (including phenoxy) is 4. The van der Waals surface area contributed by atoms with E-state index >= 15 is 0 Å². The largest absolute Gasteiger partial charge is 0.508 e. The van der Waals surface area contributed by atoms with Crippen LogP contribution in [0.25, 0.3) is 19.5 Å². The number of nitrogens with zero attached hydrogens (tertiary/aromatic N) is 1. The summed E-state index contributed by atoms with van der Waals surface area (Å²) in [5.41, 5.74) is 2.71. The van der Waals surface area contributed by atoms with Crippen molar-refractivity contribution in [3.8, 4) is 19.5 Å². The molecule has 4 heterocycles. The van der Waals surface area contributed by atoms with E-state index in [4.69, 9.17) is 18.9 Å². The van der Waals surface area contributed by atoms with Crippen LogP contribution < -0.4 is 0 Å². The lowest BCUT2D eigenvalue weighted by Gasteiger charge is -2.11. The SMILES string of the molecule is CCCCCCCCCOC(=O)OCCc1cc(-c2sc(-c3cc(CCOC(=O)OCCCCCCCCC)c(Br)s3)c3c2C(=O)N(CC)C3=O)sc1Br. The molecule has 0 bridgehead atoms. The van der Waals surface area contributed by atoms with Crippen LogP contribution >= 0.6 is 65.9 Å². The first-order valence-corrected chi connectivity index (χ1v) is 23.4. The molecule has 0 unspecified atom stereocenters. The van der Waals surface area contributed by atoms with E-state index in [9.17, 15) is 19.2 Å². The van der Waals surface area contributed by atoms with Gasteiger partial charge in [-0.2, -0.15) is 0 Å². The summed E-state index contributed by atoms with van der Waals surface area (Å²) in [6.45, 7) is 7.50. The highest BCUT2D eigenvalue weighted by molar-refractivity contribution is 9.11. The summed E-state index contributed by atoms with van der Waals surface area (Å²) < 4.78 is 22.9. The van der Waals surface area contributed by atoms with Crippen molar-refractivity contribution in [2.75, 3.05) is 33.0 Å². The van der Waals surface area contributed by atoms with Crippen LogP contribution in [-0.2, 0) is 31.8 Å². The first-order valence-electron chi connectivity index (χ1n) is 19.4. The van der Waals surface area contributed by atoms with Crippen LogP contribution in [0.5, 0.6) is 0 Å². The van der Waals surface area contributed by atoms with Crippen molar-refractivity contribution in [3.05, 3.63) is 42.0 Å². The molecular formula is C40H53Br2NO8S3. The topological polar surface area (TPSA) is 108 Å². The molecule has 1 aliphatic heterocycles. The number of rotatable bonds is 25. The van der Waals surface area contributed by atoms with Crippen LogP contribution in [0.3, 0.4) is 0 Å². The molecule has 3 aromatic heterocycles. The van der Waals surface area contributed by atoms with E-state index in [2.05, 4.69) is 45.7 Å². The predicted molar refractivity (Wildman–Crippen MR) is 225 cm³/mol. The Labute approximate surface area is 348 Å². The lowest BCUT2D eigenvalue weighted by Crippen LogP contribution is -2.29. The zero-order valence-electron chi connectivity index (χ0n) is 31.7. The molecule has 54 heavy (non-hydrogen) atoms. The predicted octanol–water partition coefficient (Wildman–Crippen LogP) is 13.2. The molecular weight excluding hydrogens is 878 g/mol. The van der Waals surface area contributed by atoms with Crippen LogP contribution in [0, 0.1) is 0 Å². The Morgan fingerprint density at radius 2 is 0.926 bits per heavy atom. The highest BCUT2D eigenvalue weighted by Crippen LogP contribution is 2.51. The van der Waals surface area contributed by atoms with Gasteiger partial charge in [0.1, 0.15) is 0 Å². The average Bonchev–Trinajstić information content (AvgIpc) is 3.89. The third-order valence-corrected chi connectivity index (χ3v) is 14.7. The minimum Gasteiger partial charge on any atom is -0.434 e. The molecule has 0 fully saturated rings. The van der Waals surface area contributed by atoms with Crippen molar-refractivity contribution >= 4 is 90.0 Å². The summed E-state index contributed by atoms with van der Waals surface area (Å²) in [5.74, 6) is -0.597. The molecule has 0 atom stereocenters. The second-order valence-corrected chi connectivity index (χ2v) is 19.1. The van der Waals surface area contributed by atoms with Crippen LogP contribution in [0.1, 0.15) is 143 Å². The monoisotopic (exact) mass is 929 g/mol. The van der Waals surface area contributed by atoms with Gasteiger partial charge in [0.2, 0.25) is 0 Å². The maximum Gasteiger partial charge on any atom is 0.508 e. The molecule has 9 nitrogen and oxygen atoms in total. The Kier molecular flexibility index (Phi) is 19.5. The van der Waals surface area contributed by atoms with Crippen LogP contribution in [0.2, 0.25) is 0 Å². The second-order valence-electron chi connectivity index (χ2n) is 13.3. The van der Waals surface area contributed by atoms with Gasteiger partial charge in [0.05, 0.1) is 54.9 Å². The molecule has 0 aliphatic carbocycles. The Balaban J connectivity index is 1.34. The number of carbonyl (C=O) groups excluding carboxylic acids is 4. The van der Waals surface area contributed by atoms with Gasteiger partial charge in [-0.15, -0.1) is 34.0 Å². The van der Waals surface area contributed by atoms with Gasteiger partial charge in [0.15, 0.2) is 0 Å². The normalized spacial score (nSPS) is 12.4. The molecule has 1 aliphatic rings. The van der Waals surface area contributed by atoms with Crippen molar-refractivity contribution in [1.29, 1.82) is 0 Å². The molecule has 0 spiro atoms. The molecule has 4 rings (SSSR count). The summed E-state index contributed by atoms with van der Waals surface area (Å²) in [7, 11) is 0. The minimum absolute atomic E-state index is 0.159. The van der Waals surface area contributed by atoms with Gasteiger partial charge >= 0.3 is 12.3 Å². The van der Waals surface area contributed by atoms with Crippen molar-refractivity contribution in [1.82, 2.24) is 4.90 Å². The van der Waals surface area contributed by atoms with Crippen molar-refractivity contribution in [2.24, 2.45) is 0 Å². The van der Waals surface area contributed by atoms with Crippen molar-refractivity contribution < 1.29 is 38.1 Å². The number of hydrogen-bond donors (Lipinski definition) is 0. The highest BCUT2D eigenvalue weighted by atomic mass is 79.9. The Morgan fingerprint density at radius 3 is 1.31 bits per heavy atom. The molecule has 0 saturated heterocycles. The fourth-order valence-electron chi connectivity index (χ4n) is 6.21. The van der Waals surface area contributed by atoms with Crippen LogP contribution in [0.4, 0.5) is 9.59 Å². The number of thiophene rings is 3. The fourth-order valence-corrected chi connectivity index (χ4v) is 11.3. The van der Waals surface area contributed by atoms with Gasteiger partial charge < -0.3 is 18.9 Å². The van der Waals surface area contributed by atoms with Crippen LogP contribution in [-0.4, -0.2) is 62.0 Å². The van der Waals surface area contributed by atoms with E-state index in [1.54, 1.807) is 6.92 Å². The van der Waals surface area contributed by atoms with Crippen LogP contribution in [0.15, 0.2) is 19.7 Å². The summed E-state index contributed by atoms with van der Waals surface area (Å²) >= 11 is 11.7. The number of carbonyl (C=O) groups is 4. The summed E-state index contributed by atoms with van der Waals surface area (Å²) in [6, 6.07) is 3.98. The van der Waals surface area contributed by atoms with Gasteiger partial charge in [0.25, 0.3) is 11.8 Å². The average molecular weight is 932 g/mol. The molecule has 298 valence electrons. The van der Waals surface area contributed by atoms with Gasteiger partial charge in [0, 0.05) is 29.1 Å². The zero-order valence-corrected chi connectivity index (χ0v) is 37.3.